The number of hydrogen-bond donors (Lipinski definition) is 2. The van der Waals surface area contributed by atoms with Gasteiger partial charge in [-0.15, -0.1) is 0 Å². The van der Waals surface area contributed by atoms with Crippen LogP contribution in [0, 0.1) is 17.7 Å². The fraction of sp³-hybridized carbons (Fsp3) is 0.200. The van der Waals surface area contributed by atoms with Crippen LogP contribution in [0.25, 0.3) is 0 Å². The lowest BCUT2D eigenvalue weighted by Gasteiger charge is -2.05. The first-order valence-corrected chi connectivity index (χ1v) is 6.34. The third-order valence-electron chi connectivity index (χ3n) is 2.76. The van der Waals surface area contributed by atoms with Crippen molar-refractivity contribution in [2.75, 3.05) is 6.54 Å². The first kappa shape index (κ1) is 14.8. The Morgan fingerprint density at radius 1 is 1.52 bits per heavy atom. The fourth-order valence-corrected chi connectivity index (χ4v) is 1.77. The van der Waals surface area contributed by atoms with Gasteiger partial charge in [-0.25, -0.2) is 4.39 Å². The number of rotatable bonds is 3. The van der Waals surface area contributed by atoms with Gasteiger partial charge in [-0.1, -0.05) is 11.8 Å². The molecule has 1 aromatic heterocycles. The van der Waals surface area contributed by atoms with Gasteiger partial charge in [0.25, 0.3) is 5.91 Å². The van der Waals surface area contributed by atoms with Crippen LogP contribution >= 0.6 is 0 Å². The molecule has 0 aliphatic carbocycles. The van der Waals surface area contributed by atoms with E-state index in [1.165, 1.54) is 12.1 Å². The van der Waals surface area contributed by atoms with Gasteiger partial charge in [0.2, 0.25) is 0 Å². The zero-order chi connectivity index (χ0) is 15.2. The van der Waals surface area contributed by atoms with Gasteiger partial charge < -0.3 is 11.1 Å². The standard InChI is InChI=1S/C15H15FN4O/c1-20-10-12(9-19-20)8-18-15(21)13-5-4-11(3-2-6-17)7-14(13)16/h4-5,7,9-10H,6,8,17H2,1H3,(H,18,21). The zero-order valence-corrected chi connectivity index (χ0v) is 11.6. The number of amides is 1. The molecule has 0 aliphatic heterocycles. The van der Waals surface area contributed by atoms with E-state index in [-0.39, 0.29) is 12.1 Å². The van der Waals surface area contributed by atoms with Crippen molar-refractivity contribution in [3.63, 3.8) is 0 Å². The number of benzene rings is 1. The van der Waals surface area contributed by atoms with Gasteiger partial charge in [-0.2, -0.15) is 5.10 Å². The van der Waals surface area contributed by atoms with E-state index in [1.807, 2.05) is 0 Å². The van der Waals surface area contributed by atoms with Gasteiger partial charge in [0, 0.05) is 30.9 Å². The highest BCUT2D eigenvalue weighted by molar-refractivity contribution is 5.94. The molecule has 0 radical (unpaired) electrons. The maximum absolute atomic E-state index is 13.9. The average molecular weight is 286 g/mol. The number of nitrogens with two attached hydrogens (primary N) is 1. The van der Waals surface area contributed by atoms with Crippen LogP contribution in [0.2, 0.25) is 0 Å². The molecule has 0 saturated heterocycles. The molecule has 6 heteroatoms. The van der Waals surface area contributed by atoms with Crippen LogP contribution in [0.5, 0.6) is 0 Å². The monoisotopic (exact) mass is 286 g/mol. The Bertz CT molecular complexity index is 712. The van der Waals surface area contributed by atoms with E-state index in [2.05, 4.69) is 22.3 Å². The second kappa shape index (κ2) is 6.68. The fourth-order valence-electron chi connectivity index (χ4n) is 1.77. The lowest BCUT2D eigenvalue weighted by atomic mass is 10.1. The molecule has 1 heterocycles. The quantitative estimate of drug-likeness (QED) is 0.820. The summed E-state index contributed by atoms with van der Waals surface area (Å²) in [6, 6.07) is 4.22. The number of carbonyl (C=O) groups is 1. The van der Waals surface area contributed by atoms with Crippen LogP contribution in [-0.2, 0) is 13.6 Å². The summed E-state index contributed by atoms with van der Waals surface area (Å²) in [7, 11) is 1.78. The smallest absolute Gasteiger partial charge is 0.254 e. The minimum Gasteiger partial charge on any atom is -0.348 e. The number of carbonyl (C=O) groups excluding carboxylic acids is 1. The molecule has 0 fully saturated rings. The van der Waals surface area contributed by atoms with Crippen molar-refractivity contribution in [2.45, 2.75) is 6.54 Å². The molecule has 0 saturated carbocycles. The summed E-state index contributed by atoms with van der Waals surface area (Å²) in [6.45, 7) is 0.496. The van der Waals surface area contributed by atoms with Crippen LogP contribution in [-0.4, -0.2) is 22.2 Å². The van der Waals surface area contributed by atoms with Crippen molar-refractivity contribution in [1.29, 1.82) is 0 Å². The third kappa shape index (κ3) is 3.91. The van der Waals surface area contributed by atoms with Crippen molar-refractivity contribution in [1.82, 2.24) is 15.1 Å². The van der Waals surface area contributed by atoms with E-state index in [0.29, 0.717) is 12.1 Å². The predicted octanol–water partition coefficient (Wildman–Crippen LogP) is 0.799. The van der Waals surface area contributed by atoms with E-state index in [1.54, 1.807) is 30.2 Å². The highest BCUT2D eigenvalue weighted by atomic mass is 19.1. The molecule has 0 aliphatic rings. The maximum Gasteiger partial charge on any atom is 0.254 e. The highest BCUT2D eigenvalue weighted by Crippen LogP contribution is 2.10. The summed E-state index contributed by atoms with van der Waals surface area (Å²) in [6.07, 6.45) is 3.42. The summed E-state index contributed by atoms with van der Waals surface area (Å²) in [5.41, 5.74) is 6.57. The van der Waals surface area contributed by atoms with E-state index in [9.17, 15) is 9.18 Å². The summed E-state index contributed by atoms with van der Waals surface area (Å²) < 4.78 is 15.5. The Hall–Kier alpha value is -2.65. The van der Waals surface area contributed by atoms with Crippen LogP contribution in [0.1, 0.15) is 21.5 Å². The van der Waals surface area contributed by atoms with Gasteiger partial charge in [0.15, 0.2) is 0 Å². The van der Waals surface area contributed by atoms with Crippen LogP contribution in [0.3, 0.4) is 0 Å². The van der Waals surface area contributed by atoms with Crippen molar-refractivity contribution in [3.05, 3.63) is 53.1 Å². The molecule has 5 nitrogen and oxygen atoms in total. The van der Waals surface area contributed by atoms with Crippen LogP contribution in [0.15, 0.2) is 30.6 Å². The van der Waals surface area contributed by atoms with E-state index in [4.69, 9.17) is 5.73 Å². The van der Waals surface area contributed by atoms with E-state index >= 15 is 0 Å². The lowest BCUT2D eigenvalue weighted by Crippen LogP contribution is -2.23. The van der Waals surface area contributed by atoms with Gasteiger partial charge in [0.05, 0.1) is 18.3 Å². The SMILES string of the molecule is Cn1cc(CNC(=O)c2ccc(C#CCN)cc2F)cn1. The lowest BCUT2D eigenvalue weighted by molar-refractivity contribution is 0.0947. The second-order valence-corrected chi connectivity index (χ2v) is 4.41. The third-order valence-corrected chi connectivity index (χ3v) is 2.76. The molecule has 0 unspecified atom stereocenters. The van der Waals surface area contributed by atoms with Gasteiger partial charge in [-0.3, -0.25) is 9.48 Å². The predicted molar refractivity (Wildman–Crippen MR) is 76.7 cm³/mol. The van der Waals surface area contributed by atoms with Gasteiger partial charge >= 0.3 is 0 Å². The van der Waals surface area contributed by atoms with Crippen molar-refractivity contribution in [2.24, 2.45) is 12.8 Å². The summed E-state index contributed by atoms with van der Waals surface area (Å²) in [5, 5.41) is 6.63. The highest BCUT2D eigenvalue weighted by Gasteiger charge is 2.11. The molecular weight excluding hydrogens is 271 g/mol. The molecule has 1 amide bonds. The van der Waals surface area contributed by atoms with E-state index < -0.39 is 11.7 Å². The van der Waals surface area contributed by atoms with Crippen molar-refractivity contribution < 1.29 is 9.18 Å². The summed E-state index contributed by atoms with van der Waals surface area (Å²) in [5.74, 6) is 4.26. The zero-order valence-electron chi connectivity index (χ0n) is 11.6. The van der Waals surface area contributed by atoms with Crippen LogP contribution < -0.4 is 11.1 Å². The van der Waals surface area contributed by atoms with Crippen molar-refractivity contribution in [3.8, 4) is 11.8 Å². The number of aromatic nitrogens is 2. The summed E-state index contributed by atoms with van der Waals surface area (Å²) in [4.78, 5) is 11.9. The molecule has 0 atom stereocenters. The van der Waals surface area contributed by atoms with Gasteiger partial charge in [-0.05, 0) is 18.2 Å². The normalized spacial score (nSPS) is 9.86. The maximum atomic E-state index is 13.9. The molecular formula is C15H15FN4O. The molecule has 21 heavy (non-hydrogen) atoms. The molecule has 3 N–H and O–H groups in total. The minimum atomic E-state index is -0.609. The molecule has 0 spiro atoms. The first-order chi connectivity index (χ1) is 10.1. The first-order valence-electron chi connectivity index (χ1n) is 6.34. The Kier molecular flexibility index (Phi) is 4.69. The summed E-state index contributed by atoms with van der Waals surface area (Å²) >= 11 is 0. The number of aryl methyl sites for hydroxylation is 1. The number of nitrogens with zero attached hydrogens (tertiary/aromatic N) is 2. The van der Waals surface area contributed by atoms with Gasteiger partial charge in [0.1, 0.15) is 5.82 Å². The Balaban J connectivity index is 2.05. The molecule has 2 rings (SSSR count). The largest absolute Gasteiger partial charge is 0.348 e. The van der Waals surface area contributed by atoms with Crippen LogP contribution in [0.4, 0.5) is 4.39 Å². The molecule has 1 aromatic carbocycles. The Labute approximate surface area is 122 Å². The van der Waals surface area contributed by atoms with Crippen molar-refractivity contribution >= 4 is 5.91 Å². The Morgan fingerprint density at radius 2 is 2.33 bits per heavy atom. The molecule has 108 valence electrons. The second-order valence-electron chi connectivity index (χ2n) is 4.41. The molecule has 2 aromatic rings. The Morgan fingerprint density at radius 3 is 2.95 bits per heavy atom. The number of nitrogens with one attached hydrogen (secondary N) is 1. The average Bonchev–Trinajstić information content (AvgIpc) is 2.88. The number of hydrogen-bond acceptors (Lipinski definition) is 3. The number of halogens is 1. The minimum absolute atomic E-state index is 0.0165. The van der Waals surface area contributed by atoms with E-state index in [0.717, 1.165) is 5.56 Å². The molecule has 0 bridgehead atoms. The topological polar surface area (TPSA) is 72.9 Å².